The molecule has 3 fully saturated rings. The molecule has 4 aliphatic rings. The summed E-state index contributed by atoms with van der Waals surface area (Å²) in [7, 11) is 2.05. The lowest BCUT2D eigenvalue weighted by molar-refractivity contribution is -0.122. The second kappa shape index (κ2) is 14.5. The number of hydrogen-bond acceptors (Lipinski definition) is 9. The van der Waals surface area contributed by atoms with E-state index in [0.29, 0.717) is 67.6 Å². The van der Waals surface area contributed by atoms with Gasteiger partial charge in [0.2, 0.25) is 11.8 Å². The van der Waals surface area contributed by atoms with E-state index in [1.807, 2.05) is 29.8 Å². The van der Waals surface area contributed by atoms with Crippen LogP contribution in [0.1, 0.15) is 49.3 Å². The Morgan fingerprint density at radius 1 is 0.979 bits per heavy atom. The van der Waals surface area contributed by atoms with Gasteiger partial charge >= 0.3 is 0 Å². The molecular weight excluding hydrogens is 601 g/mol. The van der Waals surface area contributed by atoms with Crippen LogP contribution in [-0.4, -0.2) is 146 Å². The number of carbonyl (C=O) groups is 2. The maximum absolute atomic E-state index is 14.3. The number of aromatic nitrogens is 1. The molecule has 1 aromatic heterocycles. The standard InChI is InChI=1S/C35H50FN7O4/c1-23-17-41(30(16-37-23)18-42-24(2)20-46-21-25(42)3)19-32(44)43-26(4)22-47-34-31(43)15-28(14-27-6-8-29(36)9-7-27)33(38-34)35(45)40-12-10-39(5)11-13-40/h6-9,15,23-26,30,37H,10-14,16-22H2,1-5H3/t23-,24-,25-,26+,30-/m1/s1. The zero-order chi connectivity index (χ0) is 33.2. The van der Waals surface area contributed by atoms with Crippen LogP contribution < -0.4 is 15.0 Å². The number of hydrogen-bond donors (Lipinski definition) is 1. The molecule has 5 heterocycles. The molecule has 6 rings (SSSR count). The highest BCUT2D eigenvalue weighted by Crippen LogP contribution is 2.36. The number of benzene rings is 1. The third-order valence-electron chi connectivity index (χ3n) is 10.1. The Morgan fingerprint density at radius 3 is 2.38 bits per heavy atom. The summed E-state index contributed by atoms with van der Waals surface area (Å²) in [5.74, 6) is -0.180. The number of ether oxygens (including phenoxy) is 2. The first kappa shape index (κ1) is 33.7. The molecule has 2 amide bonds. The molecule has 4 aliphatic heterocycles. The molecule has 47 heavy (non-hydrogen) atoms. The van der Waals surface area contributed by atoms with Crippen LogP contribution in [0.4, 0.5) is 10.1 Å². The molecule has 0 bridgehead atoms. The highest BCUT2D eigenvalue weighted by atomic mass is 19.1. The predicted molar refractivity (Wildman–Crippen MR) is 179 cm³/mol. The van der Waals surface area contributed by atoms with Gasteiger partial charge in [-0.2, -0.15) is 0 Å². The van der Waals surface area contributed by atoms with Gasteiger partial charge in [0, 0.05) is 70.0 Å². The van der Waals surface area contributed by atoms with Gasteiger partial charge in [0.1, 0.15) is 23.8 Å². The maximum Gasteiger partial charge on any atom is 0.272 e. The molecule has 1 N–H and O–H groups in total. The predicted octanol–water partition coefficient (Wildman–Crippen LogP) is 2.08. The van der Waals surface area contributed by atoms with Crippen LogP contribution in [-0.2, 0) is 16.0 Å². The summed E-state index contributed by atoms with van der Waals surface area (Å²) in [6.07, 6.45) is 0.374. The van der Waals surface area contributed by atoms with Gasteiger partial charge in [0.15, 0.2) is 0 Å². The fourth-order valence-corrected chi connectivity index (χ4v) is 7.29. The van der Waals surface area contributed by atoms with Crippen LogP contribution in [0.2, 0.25) is 0 Å². The molecule has 0 unspecified atom stereocenters. The first-order valence-electron chi connectivity index (χ1n) is 17.1. The van der Waals surface area contributed by atoms with E-state index < -0.39 is 0 Å². The molecule has 0 spiro atoms. The van der Waals surface area contributed by atoms with Crippen LogP contribution in [0.3, 0.4) is 0 Å². The lowest BCUT2D eigenvalue weighted by Crippen LogP contribution is -2.63. The largest absolute Gasteiger partial charge is 0.474 e. The van der Waals surface area contributed by atoms with E-state index >= 15 is 0 Å². The van der Waals surface area contributed by atoms with Gasteiger partial charge in [-0.25, -0.2) is 9.37 Å². The summed E-state index contributed by atoms with van der Waals surface area (Å²) < 4.78 is 25.7. The van der Waals surface area contributed by atoms with Gasteiger partial charge in [-0.15, -0.1) is 0 Å². The van der Waals surface area contributed by atoms with Gasteiger partial charge in [-0.3, -0.25) is 19.4 Å². The van der Waals surface area contributed by atoms with Crippen LogP contribution in [0, 0.1) is 5.82 Å². The van der Waals surface area contributed by atoms with Crippen molar-refractivity contribution in [2.24, 2.45) is 0 Å². The van der Waals surface area contributed by atoms with Crippen LogP contribution in [0.15, 0.2) is 30.3 Å². The summed E-state index contributed by atoms with van der Waals surface area (Å²) in [6, 6.07) is 9.05. The van der Waals surface area contributed by atoms with Crippen molar-refractivity contribution in [2.45, 2.75) is 64.3 Å². The molecule has 256 valence electrons. The third-order valence-corrected chi connectivity index (χ3v) is 10.1. The number of amides is 2. The van der Waals surface area contributed by atoms with Gasteiger partial charge in [0.25, 0.3) is 5.91 Å². The zero-order valence-corrected chi connectivity index (χ0v) is 28.5. The normalized spacial score (nSPS) is 27.7. The van der Waals surface area contributed by atoms with Crippen molar-refractivity contribution < 1.29 is 23.5 Å². The Labute approximate surface area is 278 Å². The molecule has 0 radical (unpaired) electrons. The Hall–Kier alpha value is -3.16. The molecule has 1 aromatic carbocycles. The number of fused-ring (bicyclic) bond motifs is 1. The number of nitrogens with zero attached hydrogens (tertiary/aromatic N) is 6. The van der Waals surface area contributed by atoms with Crippen molar-refractivity contribution in [2.75, 3.05) is 84.1 Å². The Morgan fingerprint density at radius 2 is 1.68 bits per heavy atom. The lowest BCUT2D eigenvalue weighted by atomic mass is 10.0. The molecule has 0 aliphatic carbocycles. The van der Waals surface area contributed by atoms with E-state index in [0.717, 1.165) is 38.3 Å². The number of nitrogens with one attached hydrogen (secondary N) is 1. The van der Waals surface area contributed by atoms with Crippen LogP contribution in [0.25, 0.3) is 0 Å². The van der Waals surface area contributed by atoms with Gasteiger partial charge in [-0.1, -0.05) is 12.1 Å². The number of morpholine rings is 1. The average molecular weight is 652 g/mol. The molecule has 12 heteroatoms. The average Bonchev–Trinajstić information content (AvgIpc) is 3.04. The van der Waals surface area contributed by atoms with Crippen molar-refractivity contribution in [1.82, 2.24) is 29.9 Å². The number of likely N-dealkylation sites (N-methyl/N-ethyl adjacent to an activating group) is 1. The van der Waals surface area contributed by atoms with Crippen LogP contribution in [0.5, 0.6) is 5.88 Å². The molecule has 5 atom stereocenters. The third kappa shape index (κ3) is 7.62. The number of halogens is 1. The maximum atomic E-state index is 14.3. The fourth-order valence-electron chi connectivity index (χ4n) is 7.29. The van der Waals surface area contributed by atoms with E-state index in [9.17, 15) is 14.0 Å². The summed E-state index contributed by atoms with van der Waals surface area (Å²) in [4.78, 5) is 43.7. The number of piperazine rings is 2. The van der Waals surface area contributed by atoms with E-state index in [2.05, 4.69) is 40.8 Å². The molecule has 11 nitrogen and oxygen atoms in total. The van der Waals surface area contributed by atoms with Crippen molar-refractivity contribution in [1.29, 1.82) is 0 Å². The van der Waals surface area contributed by atoms with Gasteiger partial charge in [0.05, 0.1) is 25.8 Å². The second-order valence-electron chi connectivity index (χ2n) is 14.0. The SMILES string of the molecule is C[C@@H]1CN(CC(=O)N2c3cc(Cc4ccc(F)cc4)c(C(=O)N4CCN(C)CC4)nc3OC[C@@H]2C)[C@@H](CN2[C@H](C)COC[C@H]2C)CN1. The smallest absolute Gasteiger partial charge is 0.272 e. The quantitative estimate of drug-likeness (QED) is 0.483. The zero-order valence-electron chi connectivity index (χ0n) is 28.5. The van der Waals surface area contributed by atoms with E-state index in [-0.39, 0.29) is 48.9 Å². The van der Waals surface area contributed by atoms with E-state index in [1.54, 1.807) is 12.1 Å². The number of carbonyl (C=O) groups excluding carboxylic acids is 2. The minimum Gasteiger partial charge on any atom is -0.474 e. The van der Waals surface area contributed by atoms with Gasteiger partial charge in [-0.05, 0) is 70.5 Å². The van der Waals surface area contributed by atoms with Crippen molar-refractivity contribution >= 4 is 17.5 Å². The highest BCUT2D eigenvalue weighted by Gasteiger charge is 2.38. The minimum absolute atomic E-state index is 0.0168. The monoisotopic (exact) mass is 651 g/mol. The van der Waals surface area contributed by atoms with E-state index in [1.165, 1.54) is 12.1 Å². The summed E-state index contributed by atoms with van der Waals surface area (Å²) >= 11 is 0. The van der Waals surface area contributed by atoms with Gasteiger partial charge < -0.3 is 29.5 Å². The molecular formula is C35H50FN7O4. The van der Waals surface area contributed by atoms with Crippen molar-refractivity contribution in [3.05, 3.63) is 53.0 Å². The van der Waals surface area contributed by atoms with Crippen molar-refractivity contribution in [3.8, 4) is 5.88 Å². The fraction of sp³-hybridized carbons (Fsp3) is 0.629. The summed E-state index contributed by atoms with van der Waals surface area (Å²) in [5.41, 5.74) is 2.45. The summed E-state index contributed by atoms with van der Waals surface area (Å²) in [6.45, 7) is 15.8. The topological polar surface area (TPSA) is 93.7 Å². The number of anilines is 1. The molecule has 2 aromatic rings. The molecule has 3 saturated heterocycles. The number of rotatable bonds is 7. The van der Waals surface area contributed by atoms with Crippen LogP contribution >= 0.6 is 0 Å². The highest BCUT2D eigenvalue weighted by molar-refractivity contribution is 5.99. The Kier molecular flexibility index (Phi) is 10.4. The Bertz CT molecular complexity index is 1410. The van der Waals surface area contributed by atoms with E-state index in [4.69, 9.17) is 14.5 Å². The second-order valence-corrected chi connectivity index (χ2v) is 14.0. The first-order chi connectivity index (χ1) is 22.6. The Balaban J connectivity index is 1.28. The first-order valence-corrected chi connectivity index (χ1v) is 17.1. The number of pyridine rings is 1. The van der Waals surface area contributed by atoms with Crippen molar-refractivity contribution in [3.63, 3.8) is 0 Å². The minimum atomic E-state index is -0.317. The summed E-state index contributed by atoms with van der Waals surface area (Å²) in [5, 5.41) is 3.62. The lowest BCUT2D eigenvalue weighted by Gasteiger charge is -2.46. The molecule has 0 saturated carbocycles.